The first-order valence-electron chi connectivity index (χ1n) is 14.7. The highest BCUT2D eigenvalue weighted by molar-refractivity contribution is 7.40. The van der Waals surface area contributed by atoms with Gasteiger partial charge in [-0.2, -0.15) is 0 Å². The van der Waals surface area contributed by atoms with E-state index in [0.29, 0.717) is 6.61 Å². The van der Waals surface area contributed by atoms with Crippen LogP contribution in [0.2, 0.25) is 0 Å². The van der Waals surface area contributed by atoms with Crippen LogP contribution in [0.5, 0.6) is 0 Å². The lowest BCUT2D eigenvalue weighted by Crippen LogP contribution is -2.37. The Kier molecular flexibility index (Phi) is 24.5. The molecule has 0 rings (SSSR count). The van der Waals surface area contributed by atoms with Crippen molar-refractivity contribution < 1.29 is 28.0 Å². The second kappa shape index (κ2) is 24.9. The van der Waals surface area contributed by atoms with Gasteiger partial charge in [-0.1, -0.05) is 110 Å². The molecule has 0 aromatic heterocycles. The zero-order valence-corrected chi connectivity index (χ0v) is 25.3. The van der Waals surface area contributed by atoms with E-state index in [9.17, 15) is 9.69 Å². The zero-order valence-electron chi connectivity index (χ0n) is 24.4. The van der Waals surface area contributed by atoms with Crippen LogP contribution in [0.3, 0.4) is 0 Å². The summed E-state index contributed by atoms with van der Waals surface area (Å²) in [5, 5.41) is 2.49. The summed E-state index contributed by atoms with van der Waals surface area (Å²) in [5.41, 5.74) is 0. The summed E-state index contributed by atoms with van der Waals surface area (Å²) < 4.78 is 17.0. The lowest BCUT2D eigenvalue weighted by Gasteiger charge is -2.24. The van der Waals surface area contributed by atoms with Crippen molar-refractivity contribution >= 4 is 14.7 Å². The molecule has 0 aliphatic rings. The highest BCUT2D eigenvalue weighted by Crippen LogP contribution is 2.33. The van der Waals surface area contributed by atoms with Gasteiger partial charge in [-0.05, 0) is 12.8 Å². The first-order valence-corrected chi connectivity index (χ1v) is 15.8. The zero-order chi connectivity index (χ0) is 26.9. The maximum atomic E-state index is 11.7. The molecule has 2 unspecified atom stereocenters. The van der Waals surface area contributed by atoms with Crippen LogP contribution in [-0.2, 0) is 13.8 Å². The summed E-state index contributed by atoms with van der Waals surface area (Å²) >= 11 is 0. The third-order valence-corrected chi connectivity index (χ3v) is 7.22. The van der Waals surface area contributed by atoms with E-state index < -0.39 is 14.7 Å². The van der Waals surface area contributed by atoms with Gasteiger partial charge in [0.25, 0.3) is 0 Å². The van der Waals surface area contributed by atoms with Crippen molar-refractivity contribution in [1.82, 2.24) is 5.32 Å². The Morgan fingerprint density at radius 3 is 1.64 bits per heavy atom. The molecule has 0 spiro atoms. The minimum absolute atomic E-state index is 0.152. The molecule has 0 bridgehead atoms. The summed E-state index contributed by atoms with van der Waals surface area (Å²) in [6.07, 6.45) is 22.6. The van der Waals surface area contributed by atoms with Crippen molar-refractivity contribution in [2.75, 3.05) is 47.9 Å². The summed E-state index contributed by atoms with van der Waals surface area (Å²) in [6, 6.07) is 0. The molecule has 0 aliphatic carbocycles. The van der Waals surface area contributed by atoms with Crippen molar-refractivity contribution in [3.63, 3.8) is 0 Å². The first kappa shape index (κ1) is 35.5. The van der Waals surface area contributed by atoms with Crippen LogP contribution in [0.25, 0.3) is 0 Å². The number of quaternary nitrogens is 1. The van der Waals surface area contributed by atoms with Gasteiger partial charge in [0, 0.05) is 7.05 Å². The van der Waals surface area contributed by atoms with Gasteiger partial charge in [0.2, 0.25) is 0 Å². The normalized spacial score (nSPS) is 13.5. The molecule has 1 amide bonds. The quantitative estimate of drug-likeness (QED) is 0.0674. The first-order chi connectivity index (χ1) is 17.3. The largest absolute Gasteiger partial charge is 0.444 e. The number of nitrogens with one attached hydrogen (secondary N) is 1. The fraction of sp³-hybridized carbons (Fsp3) is 0.964. The number of carbonyl (C=O) groups excluding carboxylic acids is 1. The van der Waals surface area contributed by atoms with Gasteiger partial charge in [-0.3, -0.25) is 0 Å². The van der Waals surface area contributed by atoms with Crippen molar-refractivity contribution in [2.45, 2.75) is 129 Å². The summed E-state index contributed by atoms with van der Waals surface area (Å²) in [5.74, 6) is 0. The molecule has 0 aromatic rings. The highest BCUT2D eigenvalue weighted by atomic mass is 31.2. The maximum Gasteiger partial charge on any atom is 0.407 e. The lowest BCUT2D eigenvalue weighted by atomic mass is 10.0. The number of nitrogens with zero attached hydrogens (tertiary/aromatic N) is 1. The number of rotatable bonds is 26. The van der Waals surface area contributed by atoms with Crippen LogP contribution in [0, 0.1) is 0 Å². The summed E-state index contributed by atoms with van der Waals surface area (Å²) in [7, 11) is 5.78. The second-order valence-electron chi connectivity index (χ2n) is 11.1. The molecule has 0 saturated carbocycles. The molecule has 7 nitrogen and oxygen atoms in total. The van der Waals surface area contributed by atoms with Gasteiger partial charge < -0.3 is 28.5 Å². The Balaban J connectivity index is 3.71. The molecule has 0 heterocycles. The fourth-order valence-corrected chi connectivity index (χ4v) is 4.67. The monoisotopic (exact) mass is 535 g/mol. The van der Waals surface area contributed by atoms with E-state index >= 15 is 0 Å². The average molecular weight is 536 g/mol. The van der Waals surface area contributed by atoms with Crippen LogP contribution < -0.4 is 5.32 Å². The molecular formula is C28H60N2O5P+. The van der Waals surface area contributed by atoms with Crippen molar-refractivity contribution in [2.24, 2.45) is 0 Å². The number of alkyl carbamates (subject to hydrolysis) is 1. The van der Waals surface area contributed by atoms with Gasteiger partial charge in [0.15, 0.2) is 0 Å². The van der Waals surface area contributed by atoms with Gasteiger partial charge in [-0.25, -0.2) is 4.79 Å². The van der Waals surface area contributed by atoms with Gasteiger partial charge in [0.1, 0.15) is 19.3 Å². The fourth-order valence-electron chi connectivity index (χ4n) is 4.06. The topological polar surface area (TPSA) is 77.0 Å². The smallest absolute Gasteiger partial charge is 0.407 e. The van der Waals surface area contributed by atoms with Crippen LogP contribution in [0.15, 0.2) is 0 Å². The van der Waals surface area contributed by atoms with Gasteiger partial charge in [0.05, 0.1) is 27.7 Å². The van der Waals surface area contributed by atoms with E-state index in [1.165, 1.54) is 96.3 Å². The molecular weight excluding hydrogens is 475 g/mol. The van der Waals surface area contributed by atoms with E-state index in [1.54, 1.807) is 7.05 Å². The summed E-state index contributed by atoms with van der Waals surface area (Å²) in [4.78, 5) is 21.6. The SMILES string of the molecule is CCCCCCCCCCCCCCCCCCCC(COP(O)OCC[N+](C)(C)C)OC(=O)NC. The number of ether oxygens (including phenoxy) is 1. The van der Waals surface area contributed by atoms with E-state index in [1.807, 2.05) is 0 Å². The number of hydrogen-bond donors (Lipinski definition) is 2. The van der Waals surface area contributed by atoms with Gasteiger partial charge in [-0.15, -0.1) is 0 Å². The molecule has 8 heteroatoms. The molecule has 0 fully saturated rings. The van der Waals surface area contributed by atoms with Crippen molar-refractivity contribution in [3.05, 3.63) is 0 Å². The Morgan fingerprint density at radius 1 is 0.778 bits per heavy atom. The Labute approximate surface area is 224 Å². The Bertz CT molecular complexity index is 491. The highest BCUT2D eigenvalue weighted by Gasteiger charge is 2.18. The maximum absolute atomic E-state index is 11.7. The van der Waals surface area contributed by atoms with Crippen LogP contribution in [0.1, 0.15) is 122 Å². The van der Waals surface area contributed by atoms with Gasteiger partial charge >= 0.3 is 14.7 Å². The molecule has 2 N–H and O–H groups in total. The minimum atomic E-state index is -1.96. The summed E-state index contributed by atoms with van der Waals surface area (Å²) in [6.45, 7) is 3.63. The molecule has 2 atom stereocenters. The van der Waals surface area contributed by atoms with E-state index in [-0.39, 0.29) is 12.7 Å². The molecule has 216 valence electrons. The molecule has 36 heavy (non-hydrogen) atoms. The van der Waals surface area contributed by atoms with Crippen LogP contribution in [0.4, 0.5) is 4.79 Å². The number of hydrogen-bond acceptors (Lipinski definition) is 5. The molecule has 0 radical (unpaired) electrons. The molecule has 0 aliphatic heterocycles. The van der Waals surface area contributed by atoms with E-state index in [2.05, 4.69) is 33.4 Å². The average Bonchev–Trinajstić information content (AvgIpc) is 2.83. The predicted octanol–water partition coefficient (Wildman–Crippen LogP) is 7.71. The predicted molar refractivity (Wildman–Crippen MR) is 152 cm³/mol. The van der Waals surface area contributed by atoms with Crippen LogP contribution >= 0.6 is 8.60 Å². The third kappa shape index (κ3) is 26.6. The van der Waals surface area contributed by atoms with Crippen molar-refractivity contribution in [3.8, 4) is 0 Å². The minimum Gasteiger partial charge on any atom is -0.444 e. The Hall–Kier alpha value is -0.460. The van der Waals surface area contributed by atoms with E-state index in [4.69, 9.17) is 13.8 Å². The Morgan fingerprint density at radius 2 is 1.22 bits per heavy atom. The molecule has 0 aromatic carbocycles. The third-order valence-electron chi connectivity index (χ3n) is 6.44. The lowest BCUT2D eigenvalue weighted by molar-refractivity contribution is -0.870. The van der Waals surface area contributed by atoms with Crippen molar-refractivity contribution in [1.29, 1.82) is 0 Å². The van der Waals surface area contributed by atoms with E-state index in [0.717, 1.165) is 30.3 Å². The number of carbonyl (C=O) groups is 1. The second-order valence-corrected chi connectivity index (χ2v) is 12.1. The molecule has 0 saturated heterocycles. The standard InChI is InChI=1S/C28H59N2O5P/c1-6-7-8-9-10-11-12-13-14-15-16-17-18-19-20-21-22-23-27(35-28(31)29-2)26-34-36(32)33-25-24-30(3,4)5/h27,32H,6-26H2,1-5H3/p+1. The number of amides is 1. The number of likely N-dealkylation sites (N-methyl/N-ethyl adjacent to an activating group) is 1. The van der Waals surface area contributed by atoms with Crippen LogP contribution in [-0.4, -0.2) is 69.5 Å². The number of unbranched alkanes of at least 4 members (excludes halogenated alkanes) is 16.